The second-order valence-electron chi connectivity index (χ2n) is 6.93. The molecule has 0 aliphatic rings. The number of rotatable bonds is 9. The molecule has 3 aromatic heterocycles. The maximum Gasteiger partial charge on any atom is 0.201 e. The van der Waals surface area contributed by atoms with E-state index >= 15 is 4.39 Å². The van der Waals surface area contributed by atoms with E-state index in [0.717, 1.165) is 23.8 Å². The number of carbonyl (C=O) groups is 1. The first-order chi connectivity index (χ1) is 15.6. The van der Waals surface area contributed by atoms with Gasteiger partial charge in [0.2, 0.25) is 5.78 Å². The summed E-state index contributed by atoms with van der Waals surface area (Å²) in [5.74, 6) is -1.55. The lowest BCUT2D eigenvalue weighted by Gasteiger charge is -2.11. The SMILES string of the molecule is CCCSNc1ccc(F)c(C(=O)c2c[nH]c3ncnc(NCc4cccnc4)c23)c1F. The van der Waals surface area contributed by atoms with Gasteiger partial charge in [-0.2, -0.15) is 0 Å². The number of anilines is 2. The van der Waals surface area contributed by atoms with Crippen molar-refractivity contribution in [3.63, 3.8) is 0 Å². The minimum atomic E-state index is -0.936. The highest BCUT2D eigenvalue weighted by atomic mass is 32.2. The lowest BCUT2D eigenvalue weighted by molar-refractivity contribution is 0.103. The van der Waals surface area contributed by atoms with Crippen molar-refractivity contribution in [3.8, 4) is 0 Å². The van der Waals surface area contributed by atoms with Crippen LogP contribution in [0.25, 0.3) is 11.0 Å². The number of ketones is 1. The van der Waals surface area contributed by atoms with E-state index in [2.05, 4.69) is 30.0 Å². The highest BCUT2D eigenvalue weighted by Crippen LogP contribution is 2.30. The van der Waals surface area contributed by atoms with Crippen molar-refractivity contribution in [2.75, 3.05) is 15.8 Å². The Morgan fingerprint density at radius 1 is 1.22 bits per heavy atom. The largest absolute Gasteiger partial charge is 0.365 e. The van der Waals surface area contributed by atoms with E-state index < -0.39 is 23.0 Å². The van der Waals surface area contributed by atoms with E-state index in [0.29, 0.717) is 23.4 Å². The van der Waals surface area contributed by atoms with Crippen molar-refractivity contribution in [1.29, 1.82) is 0 Å². The number of aromatic amines is 1. The molecule has 0 aliphatic carbocycles. The molecule has 3 N–H and O–H groups in total. The van der Waals surface area contributed by atoms with Crippen LogP contribution < -0.4 is 10.0 Å². The number of pyridine rings is 1. The van der Waals surface area contributed by atoms with Crippen LogP contribution in [-0.2, 0) is 6.54 Å². The zero-order valence-electron chi connectivity index (χ0n) is 17.2. The molecule has 0 atom stereocenters. The minimum Gasteiger partial charge on any atom is -0.365 e. The average molecular weight is 455 g/mol. The van der Waals surface area contributed by atoms with Crippen LogP contribution in [0.2, 0.25) is 0 Å². The molecule has 0 aliphatic heterocycles. The van der Waals surface area contributed by atoms with Crippen molar-refractivity contribution >= 4 is 40.3 Å². The number of H-pyrrole nitrogens is 1. The van der Waals surface area contributed by atoms with E-state index in [-0.39, 0.29) is 11.3 Å². The van der Waals surface area contributed by atoms with Gasteiger partial charge >= 0.3 is 0 Å². The molecule has 0 bridgehead atoms. The third-order valence-electron chi connectivity index (χ3n) is 4.70. The highest BCUT2D eigenvalue weighted by molar-refractivity contribution is 8.00. The number of aromatic nitrogens is 4. The molecule has 0 spiro atoms. The first kappa shape index (κ1) is 21.7. The Balaban J connectivity index is 1.69. The highest BCUT2D eigenvalue weighted by Gasteiger charge is 2.26. The van der Waals surface area contributed by atoms with Gasteiger partial charge in [0.1, 0.15) is 23.6 Å². The molecular formula is C22H20F2N6OS. The number of halogens is 2. The van der Waals surface area contributed by atoms with Crippen LogP contribution in [-0.4, -0.2) is 31.5 Å². The summed E-state index contributed by atoms with van der Waals surface area (Å²) in [6.45, 7) is 2.39. The Bertz CT molecular complexity index is 1250. The Morgan fingerprint density at radius 3 is 2.88 bits per heavy atom. The fourth-order valence-corrected chi connectivity index (χ4v) is 3.79. The summed E-state index contributed by atoms with van der Waals surface area (Å²) in [5.41, 5.74) is 0.786. The predicted molar refractivity (Wildman–Crippen MR) is 122 cm³/mol. The zero-order valence-corrected chi connectivity index (χ0v) is 18.0. The lowest BCUT2D eigenvalue weighted by atomic mass is 10.0. The summed E-state index contributed by atoms with van der Waals surface area (Å²) in [6.07, 6.45) is 6.99. The Hall–Kier alpha value is -3.53. The monoisotopic (exact) mass is 454 g/mol. The summed E-state index contributed by atoms with van der Waals surface area (Å²) in [6, 6.07) is 6.06. The summed E-state index contributed by atoms with van der Waals surface area (Å²) < 4.78 is 32.5. The molecule has 3 heterocycles. The van der Waals surface area contributed by atoms with Crippen LogP contribution in [0.5, 0.6) is 0 Å². The smallest absolute Gasteiger partial charge is 0.201 e. The maximum absolute atomic E-state index is 15.1. The maximum atomic E-state index is 15.1. The number of hydrogen-bond acceptors (Lipinski definition) is 7. The number of nitrogens with zero attached hydrogens (tertiary/aromatic N) is 3. The molecular weight excluding hydrogens is 434 g/mol. The van der Waals surface area contributed by atoms with Gasteiger partial charge in [0.25, 0.3) is 0 Å². The Kier molecular flexibility index (Phi) is 6.60. The average Bonchev–Trinajstić information content (AvgIpc) is 3.25. The van der Waals surface area contributed by atoms with Crippen LogP contribution >= 0.6 is 11.9 Å². The van der Waals surface area contributed by atoms with Crippen LogP contribution in [0.1, 0.15) is 34.8 Å². The van der Waals surface area contributed by atoms with E-state index in [9.17, 15) is 9.18 Å². The molecule has 0 saturated heterocycles. The number of fused-ring (bicyclic) bond motifs is 1. The second kappa shape index (κ2) is 9.73. The molecule has 0 unspecified atom stereocenters. The van der Waals surface area contributed by atoms with Crippen LogP contribution in [0.4, 0.5) is 20.3 Å². The van der Waals surface area contributed by atoms with Gasteiger partial charge in [-0.1, -0.05) is 24.9 Å². The first-order valence-electron chi connectivity index (χ1n) is 9.95. The molecule has 4 aromatic rings. The van der Waals surface area contributed by atoms with E-state index in [4.69, 9.17) is 0 Å². The van der Waals surface area contributed by atoms with E-state index in [1.807, 2.05) is 19.1 Å². The van der Waals surface area contributed by atoms with Gasteiger partial charge in [-0.15, -0.1) is 0 Å². The number of nitrogens with one attached hydrogen (secondary N) is 3. The van der Waals surface area contributed by atoms with Crippen molar-refractivity contribution in [2.45, 2.75) is 19.9 Å². The minimum absolute atomic E-state index is 0.0548. The standard InChI is InChI=1S/C22H20F2N6OS/c1-2-8-32-30-16-6-5-15(23)18(19(16)24)20(31)14-11-27-22-17(14)21(28-12-29-22)26-10-13-4-3-7-25-9-13/h3-7,9,11-12,30H,2,8,10H2,1H3,(H2,26,27,28,29). The molecule has 164 valence electrons. The summed E-state index contributed by atoms with van der Waals surface area (Å²) in [7, 11) is 0. The van der Waals surface area contributed by atoms with Crippen molar-refractivity contribution in [2.24, 2.45) is 0 Å². The van der Waals surface area contributed by atoms with Crippen molar-refractivity contribution in [3.05, 3.63) is 77.5 Å². The normalized spacial score (nSPS) is 11.0. The van der Waals surface area contributed by atoms with Crippen LogP contribution in [0.15, 0.2) is 49.2 Å². The topological polar surface area (TPSA) is 95.6 Å². The van der Waals surface area contributed by atoms with Gasteiger partial charge in [0, 0.05) is 30.9 Å². The fourth-order valence-electron chi connectivity index (χ4n) is 3.17. The number of carbonyl (C=O) groups excluding carboxylic acids is 1. The molecule has 1 aromatic carbocycles. The Morgan fingerprint density at radius 2 is 2.09 bits per heavy atom. The third-order valence-corrected chi connectivity index (χ3v) is 5.68. The first-order valence-corrected chi connectivity index (χ1v) is 10.9. The van der Waals surface area contributed by atoms with Gasteiger partial charge in [0.15, 0.2) is 5.82 Å². The zero-order chi connectivity index (χ0) is 22.5. The van der Waals surface area contributed by atoms with E-state index in [1.165, 1.54) is 30.5 Å². The lowest BCUT2D eigenvalue weighted by Crippen LogP contribution is -2.10. The molecule has 10 heteroatoms. The molecule has 0 fully saturated rings. The van der Waals surface area contributed by atoms with Gasteiger partial charge in [0.05, 0.1) is 22.2 Å². The van der Waals surface area contributed by atoms with Gasteiger partial charge in [-0.3, -0.25) is 9.78 Å². The fraction of sp³-hybridized carbons (Fsp3) is 0.182. The summed E-state index contributed by atoms with van der Waals surface area (Å²) >= 11 is 1.29. The van der Waals surface area contributed by atoms with Gasteiger partial charge in [-0.25, -0.2) is 18.7 Å². The molecule has 7 nitrogen and oxygen atoms in total. The van der Waals surface area contributed by atoms with Crippen LogP contribution in [0.3, 0.4) is 0 Å². The quantitative estimate of drug-likeness (QED) is 0.187. The number of hydrogen-bond donors (Lipinski definition) is 3. The Labute approximate surface area is 187 Å². The van der Waals surface area contributed by atoms with Crippen molar-refractivity contribution < 1.29 is 13.6 Å². The van der Waals surface area contributed by atoms with E-state index in [1.54, 1.807) is 12.4 Å². The summed E-state index contributed by atoms with van der Waals surface area (Å²) in [4.78, 5) is 28.5. The van der Waals surface area contributed by atoms with Gasteiger partial charge in [-0.05, 0) is 30.2 Å². The summed E-state index contributed by atoms with van der Waals surface area (Å²) in [5, 5.41) is 3.51. The molecule has 0 saturated carbocycles. The van der Waals surface area contributed by atoms with Crippen LogP contribution in [0, 0.1) is 11.6 Å². The molecule has 0 amide bonds. The van der Waals surface area contributed by atoms with Gasteiger partial charge < -0.3 is 15.0 Å². The number of benzene rings is 1. The molecule has 4 rings (SSSR count). The molecule has 0 radical (unpaired) electrons. The van der Waals surface area contributed by atoms with Crippen molar-refractivity contribution in [1.82, 2.24) is 19.9 Å². The molecule has 32 heavy (non-hydrogen) atoms. The third kappa shape index (κ3) is 4.40. The predicted octanol–water partition coefficient (Wildman–Crippen LogP) is 4.94. The second-order valence-corrected chi connectivity index (χ2v) is 7.83.